The first kappa shape index (κ1) is 10.2. The molecule has 0 unspecified atom stereocenters. The van der Waals surface area contributed by atoms with Crippen molar-refractivity contribution in [1.82, 2.24) is 4.98 Å². The summed E-state index contributed by atoms with van der Waals surface area (Å²) in [6, 6.07) is 0.906. The lowest BCUT2D eigenvalue weighted by Crippen LogP contribution is -2.06. The summed E-state index contributed by atoms with van der Waals surface area (Å²) >= 11 is 10.8. The number of halogens is 3. The quantitative estimate of drug-likeness (QED) is 0.542. The van der Waals surface area contributed by atoms with Gasteiger partial charge in [0.25, 0.3) is 0 Å². The molecule has 0 radical (unpaired) electrons. The second-order valence-electron chi connectivity index (χ2n) is 2.08. The predicted molar refractivity (Wildman–Crippen MR) is 45.6 cm³/mol. The molecule has 0 bridgehead atoms. The van der Waals surface area contributed by atoms with E-state index >= 15 is 0 Å². The maximum Gasteiger partial charge on any atom is 0.358 e. The molecule has 0 N–H and O–H groups in total. The van der Waals surface area contributed by atoms with Gasteiger partial charge < -0.3 is 4.74 Å². The van der Waals surface area contributed by atoms with Gasteiger partial charge >= 0.3 is 5.97 Å². The van der Waals surface area contributed by atoms with Gasteiger partial charge in [0.15, 0.2) is 16.7 Å². The Kier molecular flexibility index (Phi) is 3.06. The lowest BCUT2D eigenvalue weighted by molar-refractivity contribution is 0.0594. The minimum atomic E-state index is -0.778. The molecule has 0 atom stereocenters. The Morgan fingerprint density at radius 1 is 1.62 bits per heavy atom. The van der Waals surface area contributed by atoms with Crippen LogP contribution in [0.4, 0.5) is 4.39 Å². The van der Waals surface area contributed by atoms with Crippen LogP contribution in [-0.2, 0) is 4.74 Å². The second kappa shape index (κ2) is 3.89. The number of nitrogens with zero attached hydrogens (tertiary/aromatic N) is 1. The van der Waals surface area contributed by atoms with Gasteiger partial charge in [-0.25, -0.2) is 14.2 Å². The van der Waals surface area contributed by atoms with Crippen LogP contribution in [-0.4, -0.2) is 18.1 Å². The summed E-state index contributed by atoms with van der Waals surface area (Å²) in [5, 5.41) is -0.543. The van der Waals surface area contributed by atoms with E-state index in [-0.39, 0.29) is 10.7 Å². The van der Waals surface area contributed by atoms with Gasteiger partial charge in [0.2, 0.25) is 0 Å². The van der Waals surface area contributed by atoms with E-state index in [1.54, 1.807) is 0 Å². The summed E-state index contributed by atoms with van der Waals surface area (Å²) in [6.07, 6.45) is 0. The summed E-state index contributed by atoms with van der Waals surface area (Å²) in [6.45, 7) is 0. The van der Waals surface area contributed by atoms with Gasteiger partial charge in [-0.3, -0.25) is 0 Å². The van der Waals surface area contributed by atoms with Crippen molar-refractivity contribution in [2.24, 2.45) is 0 Å². The lowest BCUT2D eigenvalue weighted by Gasteiger charge is -2.01. The predicted octanol–water partition coefficient (Wildman–Crippen LogP) is 2.31. The van der Waals surface area contributed by atoms with Gasteiger partial charge in [0, 0.05) is 0 Å². The molecule has 0 aromatic carbocycles. The van der Waals surface area contributed by atoms with E-state index in [2.05, 4.69) is 9.72 Å². The van der Waals surface area contributed by atoms with Crippen LogP contribution < -0.4 is 0 Å². The first-order valence-corrected chi connectivity index (χ1v) is 3.91. The molecule has 0 fully saturated rings. The molecule has 1 aromatic rings. The number of aromatic nitrogens is 1. The number of ether oxygens (including phenoxy) is 1. The van der Waals surface area contributed by atoms with Gasteiger partial charge in [-0.2, -0.15) is 0 Å². The SMILES string of the molecule is COC(=O)c1nc(Cl)c(F)cc1Cl. The second-order valence-corrected chi connectivity index (χ2v) is 2.85. The molecule has 6 heteroatoms. The molecule has 0 aliphatic carbocycles. The third-order valence-corrected chi connectivity index (χ3v) is 1.82. The van der Waals surface area contributed by atoms with Crippen LogP contribution >= 0.6 is 23.2 Å². The standard InChI is InChI=1S/C7H4Cl2FNO2/c1-13-7(12)5-3(8)2-4(10)6(9)11-5/h2H,1H3. The number of carbonyl (C=O) groups excluding carboxylic acids is 1. The highest BCUT2D eigenvalue weighted by atomic mass is 35.5. The van der Waals surface area contributed by atoms with Crippen LogP contribution in [0.15, 0.2) is 6.07 Å². The summed E-state index contributed by atoms with van der Waals surface area (Å²) in [4.78, 5) is 14.4. The summed E-state index contributed by atoms with van der Waals surface area (Å²) in [7, 11) is 1.16. The molecule has 1 rings (SSSR count). The average Bonchev–Trinajstić information content (AvgIpc) is 2.10. The Hall–Kier alpha value is -0.870. The highest BCUT2D eigenvalue weighted by Gasteiger charge is 2.15. The first-order valence-electron chi connectivity index (χ1n) is 3.16. The Balaban J connectivity index is 3.23. The summed E-state index contributed by atoms with van der Waals surface area (Å²) in [5.74, 6) is -1.54. The molecular weight excluding hydrogens is 220 g/mol. The Morgan fingerprint density at radius 2 is 2.23 bits per heavy atom. The normalized spacial score (nSPS) is 9.85. The number of methoxy groups -OCH3 is 1. The van der Waals surface area contributed by atoms with Gasteiger partial charge in [-0.15, -0.1) is 0 Å². The fourth-order valence-electron chi connectivity index (χ4n) is 0.684. The number of carbonyl (C=O) groups is 1. The monoisotopic (exact) mass is 223 g/mol. The maximum atomic E-state index is 12.7. The Morgan fingerprint density at radius 3 is 2.77 bits per heavy atom. The van der Waals surface area contributed by atoms with Crippen molar-refractivity contribution < 1.29 is 13.9 Å². The zero-order valence-corrected chi connectivity index (χ0v) is 7.99. The van der Waals surface area contributed by atoms with Crippen molar-refractivity contribution >= 4 is 29.2 Å². The van der Waals surface area contributed by atoms with Gasteiger partial charge in [0.05, 0.1) is 12.1 Å². The van der Waals surface area contributed by atoms with E-state index in [1.807, 2.05) is 0 Å². The number of hydrogen-bond donors (Lipinski definition) is 0. The minimum absolute atomic E-state index is 0.131. The van der Waals surface area contributed by atoms with Crippen LogP contribution in [0, 0.1) is 5.82 Å². The largest absolute Gasteiger partial charge is 0.464 e. The smallest absolute Gasteiger partial charge is 0.358 e. The highest BCUT2D eigenvalue weighted by molar-refractivity contribution is 6.34. The van der Waals surface area contributed by atoms with Crippen molar-refractivity contribution in [3.63, 3.8) is 0 Å². The average molecular weight is 224 g/mol. The van der Waals surface area contributed by atoms with Crippen LogP contribution in [0.5, 0.6) is 0 Å². The van der Waals surface area contributed by atoms with Crippen molar-refractivity contribution in [2.45, 2.75) is 0 Å². The van der Waals surface area contributed by atoms with Crippen molar-refractivity contribution in [1.29, 1.82) is 0 Å². The number of rotatable bonds is 1. The fourth-order valence-corrected chi connectivity index (χ4v) is 1.04. The van der Waals surface area contributed by atoms with E-state index in [9.17, 15) is 9.18 Å². The molecule has 13 heavy (non-hydrogen) atoms. The van der Waals surface area contributed by atoms with Gasteiger partial charge in [-0.05, 0) is 6.07 Å². The van der Waals surface area contributed by atoms with Crippen molar-refractivity contribution in [3.05, 3.63) is 27.8 Å². The number of esters is 1. The maximum absolute atomic E-state index is 12.7. The zero-order valence-electron chi connectivity index (χ0n) is 6.47. The van der Waals surface area contributed by atoms with E-state index in [0.717, 1.165) is 13.2 Å². The molecule has 0 amide bonds. The zero-order chi connectivity index (χ0) is 10.0. The van der Waals surface area contributed by atoms with Crippen LogP contribution in [0.2, 0.25) is 10.2 Å². The number of pyridine rings is 1. The Bertz CT molecular complexity index is 357. The molecule has 1 aromatic heterocycles. The molecule has 0 spiro atoms. The third kappa shape index (κ3) is 2.08. The fraction of sp³-hybridized carbons (Fsp3) is 0.143. The van der Waals surface area contributed by atoms with Gasteiger partial charge in [-0.1, -0.05) is 23.2 Å². The summed E-state index contributed by atoms with van der Waals surface area (Å²) in [5.41, 5.74) is -0.199. The topological polar surface area (TPSA) is 39.2 Å². The van der Waals surface area contributed by atoms with Crippen LogP contribution in [0.1, 0.15) is 10.5 Å². The van der Waals surface area contributed by atoms with E-state index in [1.165, 1.54) is 0 Å². The molecule has 0 aliphatic heterocycles. The van der Waals surface area contributed by atoms with E-state index in [0.29, 0.717) is 0 Å². The summed E-state index contributed by atoms with van der Waals surface area (Å²) < 4.78 is 17.0. The molecular formula is C7H4Cl2FNO2. The third-order valence-electron chi connectivity index (χ3n) is 1.27. The van der Waals surface area contributed by atoms with Crippen LogP contribution in [0.25, 0.3) is 0 Å². The molecule has 0 saturated heterocycles. The molecule has 0 saturated carbocycles. The molecule has 3 nitrogen and oxygen atoms in total. The molecule has 70 valence electrons. The minimum Gasteiger partial charge on any atom is -0.464 e. The lowest BCUT2D eigenvalue weighted by atomic mass is 10.3. The van der Waals surface area contributed by atoms with Crippen molar-refractivity contribution in [3.8, 4) is 0 Å². The Labute approximate surface area is 83.4 Å². The molecule has 0 aliphatic rings. The van der Waals surface area contributed by atoms with E-state index in [4.69, 9.17) is 23.2 Å². The number of hydrogen-bond acceptors (Lipinski definition) is 3. The van der Waals surface area contributed by atoms with Crippen LogP contribution in [0.3, 0.4) is 0 Å². The van der Waals surface area contributed by atoms with Crippen molar-refractivity contribution in [2.75, 3.05) is 7.11 Å². The first-order chi connectivity index (χ1) is 6.06. The molecule has 1 heterocycles. The van der Waals surface area contributed by atoms with Gasteiger partial charge in [0.1, 0.15) is 0 Å². The van der Waals surface area contributed by atoms with E-state index < -0.39 is 16.9 Å². The highest BCUT2D eigenvalue weighted by Crippen LogP contribution is 2.20.